The number of esters is 1. The van der Waals surface area contributed by atoms with E-state index >= 15 is 0 Å². The summed E-state index contributed by atoms with van der Waals surface area (Å²) in [5.41, 5.74) is -0.483. The van der Waals surface area contributed by atoms with Gasteiger partial charge in [-0.3, -0.25) is 4.79 Å². The number of methoxy groups -OCH3 is 1. The Labute approximate surface area is 114 Å². The zero-order chi connectivity index (χ0) is 14.5. The molecule has 0 aromatic rings. The second kappa shape index (κ2) is 6.75. The summed E-state index contributed by atoms with van der Waals surface area (Å²) in [6, 6.07) is 0.0486. The van der Waals surface area contributed by atoms with E-state index in [4.69, 9.17) is 9.47 Å². The average molecular weight is 273 g/mol. The highest BCUT2D eigenvalue weighted by Gasteiger charge is 2.35. The molecule has 1 heterocycles. The van der Waals surface area contributed by atoms with E-state index in [1.807, 2.05) is 20.8 Å². The molecule has 0 aromatic heterocycles. The van der Waals surface area contributed by atoms with E-state index in [1.54, 1.807) is 4.90 Å². The zero-order valence-electron chi connectivity index (χ0n) is 12.1. The van der Waals surface area contributed by atoms with E-state index in [0.717, 1.165) is 6.42 Å². The van der Waals surface area contributed by atoms with Gasteiger partial charge >= 0.3 is 12.1 Å². The van der Waals surface area contributed by atoms with E-state index < -0.39 is 5.60 Å². The molecule has 0 bridgehead atoms. The fraction of sp³-hybridized carbons (Fsp3) is 0.846. The highest BCUT2D eigenvalue weighted by atomic mass is 16.6. The third-order valence-corrected chi connectivity index (χ3v) is 2.76. The topological polar surface area (TPSA) is 65.1 Å². The highest BCUT2D eigenvalue weighted by Crippen LogP contribution is 2.21. The van der Waals surface area contributed by atoms with Crippen LogP contribution in [0.2, 0.25) is 0 Å². The van der Waals surface area contributed by atoms with Gasteiger partial charge in [-0.05, 0) is 27.2 Å². The molecule has 1 fully saturated rings. The molecule has 0 N–H and O–H groups in total. The van der Waals surface area contributed by atoms with Crippen LogP contribution < -0.4 is 0 Å². The molecule has 1 aliphatic heterocycles. The molecule has 1 aliphatic rings. The van der Waals surface area contributed by atoms with Crippen molar-refractivity contribution in [2.75, 3.05) is 26.9 Å². The standard InChI is InChI=1S/C13H23NO5/c1-13(2,3)19-12(16)14-7-5-10(14)9-18-8-6-11(15)17-4/h10H,5-9H2,1-4H3. The summed E-state index contributed by atoms with van der Waals surface area (Å²) in [6.45, 7) is 6.95. The molecule has 1 rings (SSSR count). The number of carbonyl (C=O) groups excluding carboxylic acids is 2. The number of hydrogen-bond acceptors (Lipinski definition) is 5. The predicted molar refractivity (Wildman–Crippen MR) is 68.8 cm³/mol. The van der Waals surface area contributed by atoms with E-state index in [-0.39, 0.29) is 24.5 Å². The highest BCUT2D eigenvalue weighted by molar-refractivity contribution is 5.69. The predicted octanol–water partition coefficient (Wildman–Crippen LogP) is 1.58. The van der Waals surface area contributed by atoms with Gasteiger partial charge in [0.1, 0.15) is 5.60 Å². The molecule has 1 unspecified atom stereocenters. The third-order valence-electron chi connectivity index (χ3n) is 2.76. The van der Waals surface area contributed by atoms with Crippen LogP contribution in [0.5, 0.6) is 0 Å². The fourth-order valence-electron chi connectivity index (χ4n) is 1.65. The summed E-state index contributed by atoms with van der Waals surface area (Å²) in [7, 11) is 1.35. The van der Waals surface area contributed by atoms with Crippen LogP contribution in [0.3, 0.4) is 0 Å². The minimum atomic E-state index is -0.483. The zero-order valence-corrected chi connectivity index (χ0v) is 12.1. The molecule has 6 nitrogen and oxygen atoms in total. The maximum absolute atomic E-state index is 11.8. The van der Waals surface area contributed by atoms with E-state index in [0.29, 0.717) is 19.8 Å². The molecule has 1 atom stereocenters. The lowest BCUT2D eigenvalue weighted by atomic mass is 10.1. The van der Waals surface area contributed by atoms with E-state index in [9.17, 15) is 9.59 Å². The Morgan fingerprint density at radius 1 is 1.32 bits per heavy atom. The van der Waals surface area contributed by atoms with Gasteiger partial charge in [-0.2, -0.15) is 0 Å². The van der Waals surface area contributed by atoms with Crippen LogP contribution >= 0.6 is 0 Å². The molecule has 110 valence electrons. The van der Waals surface area contributed by atoms with Crippen LogP contribution in [-0.4, -0.2) is 55.5 Å². The first kappa shape index (κ1) is 15.8. The minimum Gasteiger partial charge on any atom is -0.469 e. The summed E-state index contributed by atoms with van der Waals surface area (Å²) < 4.78 is 15.2. The number of ether oxygens (including phenoxy) is 3. The largest absolute Gasteiger partial charge is 0.469 e. The quantitative estimate of drug-likeness (QED) is 0.562. The first-order valence-electron chi connectivity index (χ1n) is 6.47. The van der Waals surface area contributed by atoms with Crippen LogP contribution in [0.1, 0.15) is 33.6 Å². The summed E-state index contributed by atoms with van der Waals surface area (Å²) in [4.78, 5) is 24.4. The second-order valence-corrected chi connectivity index (χ2v) is 5.52. The second-order valence-electron chi connectivity index (χ2n) is 5.52. The van der Waals surface area contributed by atoms with Gasteiger partial charge < -0.3 is 19.1 Å². The van der Waals surface area contributed by atoms with Crippen LogP contribution in [0.15, 0.2) is 0 Å². The Kier molecular flexibility index (Phi) is 5.60. The Morgan fingerprint density at radius 3 is 2.47 bits per heavy atom. The van der Waals surface area contributed by atoms with Crippen molar-refractivity contribution in [2.24, 2.45) is 0 Å². The first-order valence-corrected chi connectivity index (χ1v) is 6.47. The first-order chi connectivity index (χ1) is 8.83. The van der Waals surface area contributed by atoms with Gasteiger partial charge in [0, 0.05) is 6.54 Å². The van der Waals surface area contributed by atoms with Crippen molar-refractivity contribution < 1.29 is 23.8 Å². The molecule has 0 aromatic carbocycles. The van der Waals surface area contributed by atoms with Crippen molar-refractivity contribution in [1.29, 1.82) is 0 Å². The van der Waals surface area contributed by atoms with Crippen LogP contribution in [0.4, 0.5) is 4.79 Å². The Morgan fingerprint density at radius 2 is 2.00 bits per heavy atom. The normalized spacial score (nSPS) is 18.7. The molecule has 19 heavy (non-hydrogen) atoms. The van der Waals surface area contributed by atoms with Gasteiger partial charge in [-0.1, -0.05) is 0 Å². The maximum atomic E-state index is 11.8. The van der Waals surface area contributed by atoms with Gasteiger partial charge in [0.05, 0.1) is 32.8 Å². The lowest BCUT2D eigenvalue weighted by Gasteiger charge is -2.41. The summed E-state index contributed by atoms with van der Waals surface area (Å²) >= 11 is 0. The number of nitrogens with zero attached hydrogens (tertiary/aromatic N) is 1. The number of likely N-dealkylation sites (tertiary alicyclic amines) is 1. The Balaban J connectivity index is 2.21. The molecule has 0 aliphatic carbocycles. The van der Waals surface area contributed by atoms with E-state index in [1.165, 1.54) is 7.11 Å². The SMILES string of the molecule is COC(=O)CCOCC1CCN1C(=O)OC(C)(C)C. The van der Waals surface area contributed by atoms with Crippen molar-refractivity contribution >= 4 is 12.1 Å². The van der Waals surface area contributed by atoms with Gasteiger partial charge in [0.2, 0.25) is 0 Å². The molecule has 0 spiro atoms. The molecule has 1 saturated heterocycles. The third kappa shape index (κ3) is 5.46. The number of hydrogen-bond donors (Lipinski definition) is 0. The smallest absolute Gasteiger partial charge is 0.410 e. The van der Waals surface area contributed by atoms with Gasteiger partial charge in [0.15, 0.2) is 0 Å². The fourth-order valence-corrected chi connectivity index (χ4v) is 1.65. The molecule has 0 saturated carbocycles. The van der Waals surface area contributed by atoms with Crippen molar-refractivity contribution in [2.45, 2.75) is 45.3 Å². The number of rotatable bonds is 5. The Bertz CT molecular complexity index is 323. The molecular weight excluding hydrogens is 250 g/mol. The minimum absolute atomic E-state index is 0.0486. The van der Waals surface area contributed by atoms with Crippen LogP contribution in [0.25, 0.3) is 0 Å². The van der Waals surface area contributed by atoms with Gasteiger partial charge in [-0.25, -0.2) is 4.79 Å². The summed E-state index contributed by atoms with van der Waals surface area (Å²) in [5.74, 6) is -0.294. The molecule has 6 heteroatoms. The maximum Gasteiger partial charge on any atom is 0.410 e. The van der Waals surface area contributed by atoms with Crippen molar-refractivity contribution in [3.63, 3.8) is 0 Å². The van der Waals surface area contributed by atoms with Gasteiger partial charge in [0.25, 0.3) is 0 Å². The monoisotopic (exact) mass is 273 g/mol. The average Bonchev–Trinajstić information content (AvgIpc) is 2.23. The van der Waals surface area contributed by atoms with Crippen LogP contribution in [-0.2, 0) is 19.0 Å². The molecule has 1 amide bonds. The summed E-state index contributed by atoms with van der Waals surface area (Å²) in [5, 5.41) is 0. The van der Waals surface area contributed by atoms with Crippen LogP contribution in [0, 0.1) is 0 Å². The number of amides is 1. The lowest BCUT2D eigenvalue weighted by Crippen LogP contribution is -2.54. The van der Waals surface area contributed by atoms with E-state index in [2.05, 4.69) is 4.74 Å². The lowest BCUT2D eigenvalue weighted by molar-refractivity contribution is -0.142. The Hall–Kier alpha value is -1.30. The van der Waals surface area contributed by atoms with Crippen molar-refractivity contribution in [1.82, 2.24) is 4.90 Å². The summed E-state index contributed by atoms with van der Waals surface area (Å²) in [6.07, 6.45) is 0.827. The number of carbonyl (C=O) groups is 2. The van der Waals surface area contributed by atoms with Crippen molar-refractivity contribution in [3.8, 4) is 0 Å². The molecular formula is C13H23NO5. The van der Waals surface area contributed by atoms with Gasteiger partial charge in [-0.15, -0.1) is 0 Å². The van der Waals surface area contributed by atoms with Crippen molar-refractivity contribution in [3.05, 3.63) is 0 Å². The molecule has 0 radical (unpaired) electrons.